The van der Waals surface area contributed by atoms with E-state index >= 15 is 0 Å². The van der Waals surface area contributed by atoms with Gasteiger partial charge in [0.15, 0.2) is 5.96 Å². The largest absolute Gasteiger partial charge is 0.352 e. The number of hydrogen-bond acceptors (Lipinski definition) is 3. The van der Waals surface area contributed by atoms with Crippen molar-refractivity contribution in [3.8, 4) is 0 Å². The van der Waals surface area contributed by atoms with Crippen LogP contribution in [0.2, 0.25) is 0 Å². The number of nitrogens with zero attached hydrogens (tertiary/aromatic N) is 2. The van der Waals surface area contributed by atoms with Crippen LogP contribution in [-0.4, -0.2) is 18.0 Å². The van der Waals surface area contributed by atoms with Crippen molar-refractivity contribution in [2.75, 3.05) is 7.05 Å². The van der Waals surface area contributed by atoms with Crippen LogP contribution in [0.4, 0.5) is 4.39 Å². The minimum absolute atomic E-state index is 0.225. The molecule has 0 saturated heterocycles. The topological polar surface area (TPSA) is 49.3 Å². The molecule has 0 spiro atoms. The fourth-order valence-corrected chi connectivity index (χ4v) is 2.40. The Balaban J connectivity index is 1.82. The van der Waals surface area contributed by atoms with Gasteiger partial charge in [0.25, 0.3) is 0 Å². The van der Waals surface area contributed by atoms with Gasteiger partial charge in [-0.15, -0.1) is 11.3 Å². The summed E-state index contributed by atoms with van der Waals surface area (Å²) in [5.74, 6) is 0.484. The van der Waals surface area contributed by atoms with Crippen LogP contribution < -0.4 is 10.6 Å². The van der Waals surface area contributed by atoms with Gasteiger partial charge in [-0.2, -0.15) is 0 Å². The van der Waals surface area contributed by atoms with E-state index in [0.29, 0.717) is 19.0 Å². The molecule has 106 valence electrons. The van der Waals surface area contributed by atoms with Crippen molar-refractivity contribution >= 4 is 17.3 Å². The molecular weight excluding hydrogens is 275 g/mol. The number of thiazole rings is 1. The first-order chi connectivity index (χ1) is 9.67. The third kappa shape index (κ3) is 4.31. The number of nitrogens with one attached hydrogen (secondary N) is 2. The van der Waals surface area contributed by atoms with E-state index in [1.807, 2.05) is 13.1 Å². The summed E-state index contributed by atoms with van der Waals surface area (Å²) in [6.07, 6.45) is 1.86. The second-order valence-corrected chi connectivity index (χ2v) is 5.57. The quantitative estimate of drug-likeness (QED) is 0.672. The summed E-state index contributed by atoms with van der Waals surface area (Å²) in [4.78, 5) is 9.51. The molecule has 0 bridgehead atoms. The van der Waals surface area contributed by atoms with Crippen LogP contribution >= 0.6 is 11.3 Å². The minimum Gasteiger partial charge on any atom is -0.352 e. The second kappa shape index (κ2) is 7.00. The maximum Gasteiger partial charge on any atom is 0.191 e. The third-order valence-electron chi connectivity index (χ3n) is 2.70. The number of rotatable bonds is 4. The zero-order valence-electron chi connectivity index (χ0n) is 11.5. The molecule has 2 rings (SSSR count). The summed E-state index contributed by atoms with van der Waals surface area (Å²) in [6, 6.07) is 6.41. The number of aliphatic imine (C=N–C) groups is 1. The highest BCUT2D eigenvalue weighted by molar-refractivity contribution is 7.11. The summed E-state index contributed by atoms with van der Waals surface area (Å²) in [7, 11) is 1.72. The van der Waals surface area contributed by atoms with Crippen LogP contribution in [0.3, 0.4) is 0 Å². The predicted octanol–water partition coefficient (Wildman–Crippen LogP) is 2.46. The van der Waals surface area contributed by atoms with Gasteiger partial charge in [0.05, 0.1) is 11.6 Å². The van der Waals surface area contributed by atoms with E-state index in [2.05, 4.69) is 20.6 Å². The Morgan fingerprint density at radius 2 is 1.95 bits per heavy atom. The molecule has 20 heavy (non-hydrogen) atoms. The first-order valence-corrected chi connectivity index (χ1v) is 7.09. The van der Waals surface area contributed by atoms with Crippen LogP contribution in [0, 0.1) is 12.7 Å². The molecule has 0 unspecified atom stereocenters. The fraction of sp³-hybridized carbons (Fsp3) is 0.286. The number of halogens is 1. The maximum atomic E-state index is 12.8. The molecule has 0 aliphatic rings. The molecular formula is C14H17FN4S. The minimum atomic E-state index is -0.225. The second-order valence-electron chi connectivity index (χ2n) is 4.25. The van der Waals surface area contributed by atoms with Gasteiger partial charge in [-0.3, -0.25) is 4.99 Å². The monoisotopic (exact) mass is 292 g/mol. The van der Waals surface area contributed by atoms with Crippen molar-refractivity contribution in [3.05, 3.63) is 51.7 Å². The molecule has 2 N–H and O–H groups in total. The smallest absolute Gasteiger partial charge is 0.191 e. The SMILES string of the molecule is CN=C(NCc1ccc(F)cc1)NCc1cnc(C)s1. The molecule has 0 radical (unpaired) electrons. The summed E-state index contributed by atoms with van der Waals surface area (Å²) < 4.78 is 12.8. The Bertz CT molecular complexity index is 577. The Morgan fingerprint density at radius 1 is 1.25 bits per heavy atom. The molecule has 0 fully saturated rings. The maximum absolute atomic E-state index is 12.8. The standard InChI is InChI=1S/C14H17FN4S/c1-10-17-8-13(20-10)9-19-14(16-2)18-7-11-3-5-12(15)6-4-11/h3-6,8H,7,9H2,1-2H3,(H2,16,18,19). The molecule has 0 saturated carbocycles. The summed E-state index contributed by atoms with van der Waals surface area (Å²) in [5, 5.41) is 7.45. The highest BCUT2D eigenvalue weighted by atomic mass is 32.1. The van der Waals surface area contributed by atoms with Crippen molar-refractivity contribution in [1.29, 1.82) is 0 Å². The zero-order valence-corrected chi connectivity index (χ0v) is 12.3. The van der Waals surface area contributed by atoms with E-state index in [-0.39, 0.29) is 5.82 Å². The first-order valence-electron chi connectivity index (χ1n) is 6.27. The van der Waals surface area contributed by atoms with Crippen molar-refractivity contribution in [3.63, 3.8) is 0 Å². The average molecular weight is 292 g/mol. The molecule has 0 aliphatic heterocycles. The number of guanidine groups is 1. The van der Waals surface area contributed by atoms with E-state index in [1.54, 1.807) is 30.5 Å². The van der Waals surface area contributed by atoms with Crippen molar-refractivity contribution in [2.24, 2.45) is 4.99 Å². The molecule has 0 amide bonds. The highest BCUT2D eigenvalue weighted by Gasteiger charge is 2.01. The van der Waals surface area contributed by atoms with Gasteiger partial charge in [0.1, 0.15) is 5.82 Å². The van der Waals surface area contributed by atoms with Crippen LogP contribution in [-0.2, 0) is 13.1 Å². The van der Waals surface area contributed by atoms with Gasteiger partial charge >= 0.3 is 0 Å². The van der Waals surface area contributed by atoms with E-state index in [1.165, 1.54) is 12.1 Å². The van der Waals surface area contributed by atoms with E-state index in [0.717, 1.165) is 15.4 Å². The summed E-state index contributed by atoms with van der Waals surface area (Å²) >= 11 is 1.66. The summed E-state index contributed by atoms with van der Waals surface area (Å²) in [5.41, 5.74) is 1.00. The Labute approximate surface area is 121 Å². The number of hydrogen-bond donors (Lipinski definition) is 2. The normalized spacial score (nSPS) is 11.4. The third-order valence-corrected chi connectivity index (χ3v) is 3.61. The van der Waals surface area contributed by atoms with Gasteiger partial charge in [0.2, 0.25) is 0 Å². The van der Waals surface area contributed by atoms with Crippen LogP contribution in [0.15, 0.2) is 35.5 Å². The lowest BCUT2D eigenvalue weighted by molar-refractivity contribution is 0.626. The molecule has 6 heteroatoms. The van der Waals surface area contributed by atoms with Crippen LogP contribution in [0.25, 0.3) is 0 Å². The first kappa shape index (κ1) is 14.5. The van der Waals surface area contributed by atoms with Gasteiger partial charge in [0, 0.05) is 24.7 Å². The average Bonchev–Trinajstić information content (AvgIpc) is 2.87. The van der Waals surface area contributed by atoms with Gasteiger partial charge in [-0.1, -0.05) is 12.1 Å². The Kier molecular flexibility index (Phi) is 5.06. The molecule has 0 atom stereocenters. The van der Waals surface area contributed by atoms with Crippen LogP contribution in [0.5, 0.6) is 0 Å². The van der Waals surface area contributed by atoms with Gasteiger partial charge < -0.3 is 10.6 Å². The lowest BCUT2D eigenvalue weighted by atomic mass is 10.2. The van der Waals surface area contributed by atoms with Gasteiger partial charge in [-0.25, -0.2) is 9.37 Å². The fourth-order valence-electron chi connectivity index (χ4n) is 1.67. The zero-order chi connectivity index (χ0) is 14.4. The predicted molar refractivity (Wildman–Crippen MR) is 80.3 cm³/mol. The number of benzene rings is 1. The van der Waals surface area contributed by atoms with Gasteiger partial charge in [-0.05, 0) is 24.6 Å². The van der Waals surface area contributed by atoms with Crippen LogP contribution in [0.1, 0.15) is 15.4 Å². The van der Waals surface area contributed by atoms with Crippen molar-refractivity contribution in [1.82, 2.24) is 15.6 Å². The van der Waals surface area contributed by atoms with E-state index in [9.17, 15) is 4.39 Å². The van der Waals surface area contributed by atoms with E-state index < -0.39 is 0 Å². The van der Waals surface area contributed by atoms with Crippen molar-refractivity contribution in [2.45, 2.75) is 20.0 Å². The molecule has 1 aromatic carbocycles. The number of aromatic nitrogens is 1. The molecule has 1 aromatic heterocycles. The molecule has 1 heterocycles. The molecule has 2 aromatic rings. The molecule has 0 aliphatic carbocycles. The molecule has 4 nitrogen and oxygen atoms in total. The van der Waals surface area contributed by atoms with Crippen molar-refractivity contribution < 1.29 is 4.39 Å². The van der Waals surface area contributed by atoms with E-state index in [4.69, 9.17) is 0 Å². The lowest BCUT2D eigenvalue weighted by Crippen LogP contribution is -2.36. The Morgan fingerprint density at radius 3 is 2.55 bits per heavy atom. The number of aryl methyl sites for hydroxylation is 1. The highest BCUT2D eigenvalue weighted by Crippen LogP contribution is 2.10. The summed E-state index contributed by atoms with van der Waals surface area (Å²) in [6.45, 7) is 3.27. The Hall–Kier alpha value is -1.95. The lowest BCUT2D eigenvalue weighted by Gasteiger charge is -2.11.